The summed E-state index contributed by atoms with van der Waals surface area (Å²) in [6, 6.07) is 14.4. The van der Waals surface area contributed by atoms with Crippen LogP contribution in [-0.4, -0.2) is 52.4 Å². The normalized spacial score (nSPS) is 12.1. The molecule has 0 fully saturated rings. The van der Waals surface area contributed by atoms with Crippen molar-refractivity contribution in [2.75, 3.05) is 20.4 Å². The van der Waals surface area contributed by atoms with Gasteiger partial charge in [-0.15, -0.1) is 20.9 Å². The molecular weight excluding hydrogens is 396 g/mol. The highest BCUT2D eigenvalue weighted by molar-refractivity contribution is 7.98. The number of thioether (sulfide) groups is 1. The second kappa shape index (κ2) is 8.17. The van der Waals surface area contributed by atoms with Crippen molar-refractivity contribution in [3.05, 3.63) is 59.9 Å². The highest BCUT2D eigenvalue weighted by Crippen LogP contribution is 2.27. The van der Waals surface area contributed by atoms with E-state index >= 15 is 0 Å². The van der Waals surface area contributed by atoms with Gasteiger partial charge in [0.05, 0.1) is 5.56 Å². The fourth-order valence-electron chi connectivity index (χ4n) is 2.40. The zero-order valence-electron chi connectivity index (χ0n) is 15.6. The second-order valence-electron chi connectivity index (χ2n) is 6.05. The Morgan fingerprint density at radius 1 is 1.07 bits per heavy atom. The van der Waals surface area contributed by atoms with Crippen LogP contribution in [0, 0.1) is 0 Å². The minimum atomic E-state index is -3.88. The Hall–Kier alpha value is -2.62. The van der Waals surface area contributed by atoms with Crippen molar-refractivity contribution in [3.8, 4) is 17.1 Å². The molecule has 0 spiro atoms. The van der Waals surface area contributed by atoms with Gasteiger partial charge in [0.2, 0.25) is 0 Å². The lowest BCUT2D eigenvalue weighted by molar-refractivity contribution is 0.476. The molecule has 1 N–H and O–H groups in total. The third-order valence-electron chi connectivity index (χ3n) is 3.97. The van der Waals surface area contributed by atoms with E-state index in [0.717, 1.165) is 18.9 Å². The van der Waals surface area contributed by atoms with Crippen LogP contribution in [-0.2, 0) is 10.2 Å². The third kappa shape index (κ3) is 4.11. The minimum absolute atomic E-state index is 0.0231. The van der Waals surface area contributed by atoms with Crippen LogP contribution in [0.25, 0.3) is 23.5 Å². The maximum absolute atomic E-state index is 12.7. The predicted molar refractivity (Wildman–Crippen MR) is 112 cm³/mol. The summed E-state index contributed by atoms with van der Waals surface area (Å²) in [6.07, 6.45) is 5.36. The van der Waals surface area contributed by atoms with Crippen LogP contribution in [0.5, 0.6) is 5.75 Å². The summed E-state index contributed by atoms with van der Waals surface area (Å²) in [4.78, 5) is 5.47. The van der Waals surface area contributed by atoms with Crippen molar-refractivity contribution < 1.29 is 13.5 Å². The van der Waals surface area contributed by atoms with Gasteiger partial charge < -0.3 is 5.11 Å². The van der Waals surface area contributed by atoms with E-state index < -0.39 is 10.2 Å². The largest absolute Gasteiger partial charge is 0.507 e. The van der Waals surface area contributed by atoms with Crippen molar-refractivity contribution >= 4 is 34.1 Å². The number of hydrogen-bond donors (Lipinski definition) is 1. The molecule has 0 atom stereocenters. The summed E-state index contributed by atoms with van der Waals surface area (Å²) in [5.74, 6) is 0.242. The van der Waals surface area contributed by atoms with E-state index in [1.54, 1.807) is 42.1 Å². The first-order valence-corrected chi connectivity index (χ1v) is 11.0. The minimum Gasteiger partial charge on any atom is -0.507 e. The van der Waals surface area contributed by atoms with Crippen molar-refractivity contribution in [3.63, 3.8) is 0 Å². The smallest absolute Gasteiger partial charge is 0.324 e. The Balaban J connectivity index is 2.07. The molecule has 9 heteroatoms. The van der Waals surface area contributed by atoms with Crippen LogP contribution in [0.15, 0.2) is 53.4 Å². The lowest BCUT2D eigenvalue weighted by atomic mass is 10.2. The van der Waals surface area contributed by atoms with Crippen molar-refractivity contribution in [1.82, 2.24) is 18.5 Å². The predicted octanol–water partition coefficient (Wildman–Crippen LogP) is 3.20. The number of phenolic OH excluding ortho intramolecular Hbond substituents is 1. The van der Waals surface area contributed by atoms with Crippen molar-refractivity contribution in [1.29, 1.82) is 0 Å². The average Bonchev–Trinajstić information content (AvgIpc) is 3.12. The fourth-order valence-corrected chi connectivity index (χ4v) is 3.64. The molecule has 2 aromatic carbocycles. The third-order valence-corrected chi connectivity index (χ3v) is 6.34. The van der Waals surface area contributed by atoms with Gasteiger partial charge in [-0.3, -0.25) is 0 Å². The Bertz CT molecular complexity index is 1100. The van der Waals surface area contributed by atoms with E-state index in [0.29, 0.717) is 5.56 Å². The van der Waals surface area contributed by atoms with Gasteiger partial charge in [-0.1, -0.05) is 30.3 Å². The summed E-state index contributed by atoms with van der Waals surface area (Å²) in [5.41, 5.74) is 1.26. The van der Waals surface area contributed by atoms with E-state index in [1.165, 1.54) is 20.2 Å². The van der Waals surface area contributed by atoms with Crippen LogP contribution in [0.3, 0.4) is 0 Å². The fraction of sp³-hybridized carbons (Fsp3) is 0.158. The average molecular weight is 417 g/mol. The summed E-state index contributed by atoms with van der Waals surface area (Å²) in [6.45, 7) is 0. The molecule has 3 aromatic rings. The first-order chi connectivity index (χ1) is 13.3. The van der Waals surface area contributed by atoms with Gasteiger partial charge in [-0.05, 0) is 42.2 Å². The molecule has 0 saturated carbocycles. The zero-order chi connectivity index (χ0) is 20.3. The molecule has 28 heavy (non-hydrogen) atoms. The van der Waals surface area contributed by atoms with Crippen LogP contribution >= 0.6 is 11.8 Å². The zero-order valence-corrected chi connectivity index (χ0v) is 17.3. The van der Waals surface area contributed by atoms with Crippen LogP contribution < -0.4 is 0 Å². The first kappa shape index (κ1) is 20.1. The summed E-state index contributed by atoms with van der Waals surface area (Å²) in [5, 5.41) is 14.2. The van der Waals surface area contributed by atoms with E-state index in [9.17, 15) is 13.5 Å². The van der Waals surface area contributed by atoms with E-state index in [1.807, 2.05) is 30.5 Å². The van der Waals surface area contributed by atoms with Gasteiger partial charge in [0, 0.05) is 19.0 Å². The van der Waals surface area contributed by atoms with Gasteiger partial charge in [-0.2, -0.15) is 12.7 Å². The number of phenols is 1. The molecular formula is C19H20N4O3S2. The molecule has 1 heterocycles. The molecule has 0 bridgehead atoms. The molecule has 0 amide bonds. The number of aromatic hydroxyl groups is 1. The lowest BCUT2D eigenvalue weighted by Crippen LogP contribution is -2.30. The molecule has 0 radical (unpaired) electrons. The summed E-state index contributed by atoms with van der Waals surface area (Å²) >= 11 is 1.64. The topological polar surface area (TPSA) is 88.3 Å². The van der Waals surface area contributed by atoms with Gasteiger partial charge in [0.15, 0.2) is 11.6 Å². The van der Waals surface area contributed by atoms with Gasteiger partial charge in [-0.25, -0.2) is 4.98 Å². The maximum atomic E-state index is 12.7. The standard InChI is InChI=1S/C19H20N4O3S2/c1-22(2)28(25,26)23-18(13-10-14-8-11-15(27-3)12-9-14)20-19(21-23)16-6-4-5-7-17(16)24/h4-13,24H,1-3H3/b13-10+. The maximum Gasteiger partial charge on any atom is 0.324 e. The lowest BCUT2D eigenvalue weighted by Gasteiger charge is -2.11. The highest BCUT2D eigenvalue weighted by Gasteiger charge is 2.24. The SMILES string of the molecule is CSc1ccc(/C=C/c2nc(-c3ccccc3O)nn2S(=O)(=O)N(C)C)cc1. The number of aromatic nitrogens is 3. The van der Waals surface area contributed by atoms with E-state index in [4.69, 9.17) is 0 Å². The van der Waals surface area contributed by atoms with Gasteiger partial charge in [0.25, 0.3) is 0 Å². The number of benzene rings is 2. The Morgan fingerprint density at radius 2 is 1.75 bits per heavy atom. The Labute approximate surface area is 168 Å². The van der Waals surface area contributed by atoms with Crippen molar-refractivity contribution in [2.24, 2.45) is 0 Å². The van der Waals surface area contributed by atoms with Crippen molar-refractivity contribution in [2.45, 2.75) is 4.90 Å². The number of rotatable bonds is 6. The monoisotopic (exact) mass is 416 g/mol. The molecule has 146 valence electrons. The summed E-state index contributed by atoms with van der Waals surface area (Å²) in [7, 11) is -1.04. The molecule has 3 rings (SSSR count). The Morgan fingerprint density at radius 3 is 2.36 bits per heavy atom. The van der Waals surface area contributed by atoms with Crippen LogP contribution in [0.1, 0.15) is 11.4 Å². The first-order valence-electron chi connectivity index (χ1n) is 8.33. The molecule has 0 aliphatic rings. The number of hydrogen-bond acceptors (Lipinski definition) is 6. The Kier molecular flexibility index (Phi) is 5.87. The van der Waals surface area contributed by atoms with Crippen LogP contribution in [0.4, 0.5) is 0 Å². The molecule has 0 aliphatic heterocycles. The van der Waals surface area contributed by atoms with Crippen LogP contribution in [0.2, 0.25) is 0 Å². The van der Waals surface area contributed by atoms with E-state index in [2.05, 4.69) is 10.1 Å². The molecule has 7 nitrogen and oxygen atoms in total. The number of nitrogens with zero attached hydrogens (tertiary/aromatic N) is 4. The molecule has 0 unspecified atom stereocenters. The number of para-hydroxylation sites is 1. The quantitative estimate of drug-likeness (QED) is 0.621. The molecule has 0 aliphatic carbocycles. The van der Waals surface area contributed by atoms with E-state index in [-0.39, 0.29) is 17.4 Å². The molecule has 0 saturated heterocycles. The summed E-state index contributed by atoms with van der Waals surface area (Å²) < 4.78 is 27.2. The highest BCUT2D eigenvalue weighted by atomic mass is 32.2. The van der Waals surface area contributed by atoms with Gasteiger partial charge in [0.1, 0.15) is 5.75 Å². The second-order valence-corrected chi connectivity index (χ2v) is 8.90. The van der Waals surface area contributed by atoms with Gasteiger partial charge >= 0.3 is 10.2 Å². The molecule has 1 aromatic heterocycles.